The van der Waals surface area contributed by atoms with E-state index >= 15 is 0 Å². The van der Waals surface area contributed by atoms with Gasteiger partial charge in [0.15, 0.2) is 0 Å². The summed E-state index contributed by atoms with van der Waals surface area (Å²) in [6, 6.07) is 13.2. The van der Waals surface area contributed by atoms with Crippen LogP contribution in [0.25, 0.3) is 22.0 Å². The number of aromatic hydroxyl groups is 1. The lowest BCUT2D eigenvalue weighted by molar-refractivity contribution is -0.116. The number of pyridine rings is 1. The molecule has 1 amide bonds. The van der Waals surface area contributed by atoms with Crippen molar-refractivity contribution >= 4 is 22.6 Å². The predicted molar refractivity (Wildman–Crippen MR) is 104 cm³/mol. The molecule has 0 radical (unpaired) electrons. The zero-order valence-electron chi connectivity index (χ0n) is 15.4. The van der Waals surface area contributed by atoms with E-state index in [9.17, 15) is 19.5 Å². The maximum absolute atomic E-state index is 12.7. The standard InChI is InChI=1S/C21H20N2O4/c1-12-6-4-5-7-15(12)14-8-9-16-17(10-14)23(3)21(27)18(19(16)25)20(26)22-11-13(2)24/h4-10,25H,11H2,1-3H3,(H,22,26). The average Bonchev–Trinajstić information content (AvgIpc) is 2.64. The van der Waals surface area contributed by atoms with Gasteiger partial charge in [-0.25, -0.2) is 0 Å². The van der Waals surface area contributed by atoms with E-state index in [-0.39, 0.29) is 23.6 Å². The van der Waals surface area contributed by atoms with Gasteiger partial charge in [0, 0.05) is 12.4 Å². The molecule has 1 heterocycles. The highest BCUT2D eigenvalue weighted by molar-refractivity contribution is 6.03. The van der Waals surface area contributed by atoms with E-state index in [1.807, 2.05) is 43.3 Å². The normalized spacial score (nSPS) is 10.8. The van der Waals surface area contributed by atoms with Crippen LogP contribution in [-0.2, 0) is 11.8 Å². The molecule has 3 rings (SSSR count). The van der Waals surface area contributed by atoms with Gasteiger partial charge in [0.2, 0.25) is 0 Å². The van der Waals surface area contributed by atoms with Crippen molar-refractivity contribution in [1.29, 1.82) is 0 Å². The molecule has 0 unspecified atom stereocenters. The van der Waals surface area contributed by atoms with Crippen LogP contribution in [0.15, 0.2) is 47.3 Å². The zero-order valence-corrected chi connectivity index (χ0v) is 15.4. The molecular formula is C21H20N2O4. The Morgan fingerprint density at radius 3 is 2.52 bits per heavy atom. The van der Waals surface area contributed by atoms with Crippen molar-refractivity contribution in [3.63, 3.8) is 0 Å². The molecule has 2 N–H and O–H groups in total. The van der Waals surface area contributed by atoms with Crippen LogP contribution in [0.1, 0.15) is 22.8 Å². The van der Waals surface area contributed by atoms with E-state index in [1.165, 1.54) is 11.5 Å². The average molecular weight is 364 g/mol. The minimum absolute atomic E-state index is 0.203. The first-order valence-electron chi connectivity index (χ1n) is 8.50. The quantitative estimate of drug-likeness (QED) is 0.745. The number of hydrogen-bond donors (Lipinski definition) is 2. The molecule has 138 valence electrons. The lowest BCUT2D eigenvalue weighted by Crippen LogP contribution is -2.34. The van der Waals surface area contributed by atoms with E-state index < -0.39 is 11.5 Å². The summed E-state index contributed by atoms with van der Waals surface area (Å²) >= 11 is 0. The maximum atomic E-state index is 12.7. The summed E-state index contributed by atoms with van der Waals surface area (Å²) in [6.45, 7) is 3.12. The van der Waals surface area contributed by atoms with E-state index in [2.05, 4.69) is 5.32 Å². The maximum Gasteiger partial charge on any atom is 0.267 e. The molecule has 27 heavy (non-hydrogen) atoms. The molecule has 0 saturated carbocycles. The molecule has 0 aliphatic carbocycles. The van der Waals surface area contributed by atoms with Crippen LogP contribution >= 0.6 is 0 Å². The van der Waals surface area contributed by atoms with Gasteiger partial charge in [0.05, 0.1) is 12.1 Å². The van der Waals surface area contributed by atoms with Crippen molar-refractivity contribution in [2.45, 2.75) is 13.8 Å². The van der Waals surface area contributed by atoms with Crippen molar-refractivity contribution < 1.29 is 14.7 Å². The van der Waals surface area contributed by atoms with Gasteiger partial charge in [0.1, 0.15) is 17.1 Å². The zero-order chi connectivity index (χ0) is 19.7. The Morgan fingerprint density at radius 2 is 1.85 bits per heavy atom. The Bertz CT molecular complexity index is 1130. The molecule has 0 aliphatic rings. The van der Waals surface area contributed by atoms with Crippen molar-refractivity contribution in [2.24, 2.45) is 7.05 Å². The lowest BCUT2D eigenvalue weighted by atomic mass is 9.98. The highest BCUT2D eigenvalue weighted by Crippen LogP contribution is 2.31. The molecule has 0 aliphatic heterocycles. The topological polar surface area (TPSA) is 88.4 Å². The summed E-state index contributed by atoms with van der Waals surface area (Å²) in [6.07, 6.45) is 0. The largest absolute Gasteiger partial charge is 0.506 e. The second-order valence-corrected chi connectivity index (χ2v) is 6.52. The van der Waals surface area contributed by atoms with Gasteiger partial charge in [-0.15, -0.1) is 0 Å². The number of Topliss-reactive ketones (excluding diaryl/α,β-unsaturated/α-hetero) is 1. The molecule has 0 saturated heterocycles. The third kappa shape index (κ3) is 3.33. The van der Waals surface area contributed by atoms with Crippen LogP contribution in [0.5, 0.6) is 5.75 Å². The Labute approximate surface area is 156 Å². The summed E-state index contributed by atoms with van der Waals surface area (Å²) in [7, 11) is 1.55. The number of aryl methyl sites for hydroxylation is 2. The second kappa shape index (κ2) is 7.07. The van der Waals surface area contributed by atoms with E-state index in [0.29, 0.717) is 10.9 Å². The molecule has 6 heteroatoms. The number of benzene rings is 2. The molecule has 0 bridgehead atoms. The summed E-state index contributed by atoms with van der Waals surface area (Å²) in [4.78, 5) is 36.0. The lowest BCUT2D eigenvalue weighted by Gasteiger charge is -2.13. The van der Waals surface area contributed by atoms with Crippen molar-refractivity contribution in [3.8, 4) is 16.9 Å². The van der Waals surface area contributed by atoms with Gasteiger partial charge < -0.3 is 15.0 Å². The smallest absolute Gasteiger partial charge is 0.267 e. The first kappa shape index (κ1) is 18.4. The number of nitrogens with one attached hydrogen (secondary N) is 1. The van der Waals surface area contributed by atoms with Crippen LogP contribution in [0.3, 0.4) is 0 Å². The van der Waals surface area contributed by atoms with Gasteiger partial charge in [-0.3, -0.25) is 14.4 Å². The Morgan fingerprint density at radius 1 is 1.15 bits per heavy atom. The van der Waals surface area contributed by atoms with Gasteiger partial charge in [-0.1, -0.05) is 30.3 Å². The highest BCUT2D eigenvalue weighted by atomic mass is 16.3. The Hall–Kier alpha value is -3.41. The van der Waals surface area contributed by atoms with Crippen LogP contribution in [0, 0.1) is 6.92 Å². The summed E-state index contributed by atoms with van der Waals surface area (Å²) in [5.74, 6) is -1.40. The molecular weight excluding hydrogens is 344 g/mol. The van der Waals surface area contributed by atoms with Crippen LogP contribution in [-0.4, -0.2) is 27.9 Å². The van der Waals surface area contributed by atoms with Gasteiger partial charge >= 0.3 is 0 Å². The number of ketones is 1. The third-order valence-electron chi connectivity index (χ3n) is 4.55. The van der Waals surface area contributed by atoms with Crippen molar-refractivity contribution in [1.82, 2.24) is 9.88 Å². The number of aromatic nitrogens is 1. The number of fused-ring (bicyclic) bond motifs is 1. The molecule has 1 aromatic heterocycles. The van der Waals surface area contributed by atoms with Gasteiger partial charge in [-0.2, -0.15) is 0 Å². The number of hydrogen-bond acceptors (Lipinski definition) is 4. The van der Waals surface area contributed by atoms with E-state index in [1.54, 1.807) is 13.1 Å². The van der Waals surface area contributed by atoms with Gasteiger partial charge in [-0.05, 0) is 42.7 Å². The molecule has 0 spiro atoms. The number of rotatable bonds is 4. The fraction of sp³-hybridized carbons (Fsp3) is 0.190. The van der Waals surface area contributed by atoms with Crippen LogP contribution < -0.4 is 10.9 Å². The summed E-state index contributed by atoms with van der Waals surface area (Å²) < 4.78 is 1.33. The number of carbonyl (C=O) groups is 2. The number of amides is 1. The fourth-order valence-electron chi connectivity index (χ4n) is 3.08. The Kier molecular flexibility index (Phi) is 4.81. The minimum atomic E-state index is -0.770. The summed E-state index contributed by atoms with van der Waals surface area (Å²) in [5.41, 5.74) is 2.55. The predicted octanol–water partition coefficient (Wildman–Crippen LogP) is 2.54. The fourth-order valence-corrected chi connectivity index (χ4v) is 3.08. The first-order chi connectivity index (χ1) is 12.8. The van der Waals surface area contributed by atoms with E-state index in [0.717, 1.165) is 16.7 Å². The first-order valence-corrected chi connectivity index (χ1v) is 8.50. The summed E-state index contributed by atoms with van der Waals surface area (Å²) in [5, 5.41) is 13.3. The van der Waals surface area contributed by atoms with Crippen molar-refractivity contribution in [2.75, 3.05) is 6.54 Å². The molecule has 0 atom stereocenters. The number of carbonyl (C=O) groups excluding carboxylic acids is 2. The van der Waals surface area contributed by atoms with Crippen molar-refractivity contribution in [3.05, 3.63) is 63.9 Å². The molecule has 0 fully saturated rings. The van der Waals surface area contributed by atoms with Gasteiger partial charge in [0.25, 0.3) is 11.5 Å². The second-order valence-electron chi connectivity index (χ2n) is 6.52. The highest BCUT2D eigenvalue weighted by Gasteiger charge is 2.21. The van der Waals surface area contributed by atoms with Crippen LogP contribution in [0.2, 0.25) is 0 Å². The molecule has 2 aromatic carbocycles. The monoisotopic (exact) mass is 364 g/mol. The van der Waals surface area contributed by atoms with E-state index in [4.69, 9.17) is 0 Å². The number of nitrogens with zero attached hydrogens (tertiary/aromatic N) is 1. The SMILES string of the molecule is CC(=O)CNC(=O)c1c(O)c2ccc(-c3ccccc3C)cc2n(C)c1=O. The Balaban J connectivity index is 2.18. The van der Waals surface area contributed by atoms with Crippen LogP contribution in [0.4, 0.5) is 0 Å². The third-order valence-corrected chi connectivity index (χ3v) is 4.55. The minimum Gasteiger partial charge on any atom is -0.506 e. The molecule has 6 nitrogen and oxygen atoms in total. The molecule has 3 aromatic rings.